The molecule has 4 aliphatic rings. The number of nitrogens with zero attached hydrogens (tertiary/aromatic N) is 1. The van der Waals surface area contributed by atoms with Crippen LogP contribution in [0, 0.1) is 36.5 Å². The number of aromatic amines is 1. The number of aromatic nitrogens is 1. The van der Waals surface area contributed by atoms with E-state index in [1.807, 2.05) is 31.2 Å². The highest BCUT2D eigenvalue weighted by Gasteiger charge is 2.69. The van der Waals surface area contributed by atoms with E-state index in [4.69, 9.17) is 4.74 Å². The lowest BCUT2D eigenvalue weighted by molar-refractivity contribution is -0.137. The average molecular weight is 692 g/mol. The van der Waals surface area contributed by atoms with Crippen molar-refractivity contribution in [1.82, 2.24) is 4.98 Å². The van der Waals surface area contributed by atoms with Crippen molar-refractivity contribution in [3.63, 3.8) is 0 Å². The van der Waals surface area contributed by atoms with Gasteiger partial charge in [0.2, 0.25) is 11.8 Å². The molecule has 0 spiro atoms. The predicted molar refractivity (Wildman–Crippen MR) is 174 cm³/mol. The number of para-hydroxylation sites is 2. The molecular formula is C35H28F3N3O5S2. The van der Waals surface area contributed by atoms with Crippen molar-refractivity contribution in [2.75, 3.05) is 16.8 Å². The maximum absolute atomic E-state index is 14.0. The van der Waals surface area contributed by atoms with Crippen molar-refractivity contribution in [2.45, 2.75) is 35.7 Å². The minimum Gasteiger partial charge on any atom is -0.483 e. The van der Waals surface area contributed by atoms with Gasteiger partial charge < -0.3 is 15.0 Å². The molecule has 2 bridgehead atoms. The van der Waals surface area contributed by atoms with E-state index in [0.717, 1.165) is 32.9 Å². The second-order valence-corrected chi connectivity index (χ2v) is 14.9. The summed E-state index contributed by atoms with van der Waals surface area (Å²) >= 11 is 2.66. The first-order chi connectivity index (χ1) is 23.0. The first kappa shape index (κ1) is 30.9. The molecule has 8 nitrogen and oxygen atoms in total. The number of aryl methyl sites for hydroxylation is 1. The van der Waals surface area contributed by atoms with E-state index >= 15 is 0 Å². The van der Waals surface area contributed by atoms with Gasteiger partial charge in [0.25, 0.3) is 5.91 Å². The number of hydrogen-bond donors (Lipinski definition) is 2. The molecule has 2 aliphatic heterocycles. The number of ether oxygens (including phenoxy) is 1. The van der Waals surface area contributed by atoms with E-state index in [1.54, 1.807) is 36.0 Å². The predicted octanol–water partition coefficient (Wildman–Crippen LogP) is 6.46. The number of thioether (sulfide) groups is 1. The van der Waals surface area contributed by atoms with Gasteiger partial charge in [0.1, 0.15) is 5.75 Å². The topological polar surface area (TPSA) is 109 Å². The number of H-pyrrole nitrogens is 1. The number of benzene rings is 3. The fourth-order valence-corrected chi connectivity index (χ4v) is 11.2. The van der Waals surface area contributed by atoms with Gasteiger partial charge in [0.15, 0.2) is 6.61 Å². The lowest BCUT2D eigenvalue weighted by Crippen LogP contribution is -2.42. The summed E-state index contributed by atoms with van der Waals surface area (Å²) in [5, 5.41) is 2.99. The summed E-state index contributed by atoms with van der Waals surface area (Å²) in [6.45, 7) is 1.39. The minimum atomic E-state index is -4.65. The molecule has 48 heavy (non-hydrogen) atoms. The second kappa shape index (κ2) is 11.4. The van der Waals surface area contributed by atoms with Crippen molar-refractivity contribution in [1.29, 1.82) is 0 Å². The molecule has 8 rings (SSSR count). The van der Waals surface area contributed by atoms with Crippen LogP contribution in [0.4, 0.5) is 24.5 Å². The molecule has 2 saturated carbocycles. The Morgan fingerprint density at radius 3 is 2.40 bits per heavy atom. The van der Waals surface area contributed by atoms with Gasteiger partial charge in [-0.3, -0.25) is 24.1 Å². The van der Waals surface area contributed by atoms with Crippen LogP contribution in [0.15, 0.2) is 82.6 Å². The standard InChI is InChI=1S/C35H28F3N3O5S2/c1-16-10-12-17(13-11-16)41-32(43)27-19-14-20(28(27)33(41)44)29-26(19)25(30-31(47-29)40-34(45)48-30)18-6-2-5-9-23(18)46-15-24(42)39-22-8-4-3-7-21(22)35(36,37)38/h2-13,19-20,25-29H,14-15H2,1H3,(H,39,42)(H,40,45)/t19-,20-,25-,26?,27?,28?,29?/m1/s1. The molecule has 3 aromatic carbocycles. The fourth-order valence-electron chi connectivity index (χ4n) is 8.35. The van der Waals surface area contributed by atoms with Crippen LogP contribution in [0.1, 0.15) is 33.9 Å². The van der Waals surface area contributed by atoms with Crippen molar-refractivity contribution in [3.05, 3.63) is 104 Å². The smallest absolute Gasteiger partial charge is 0.418 e. The summed E-state index contributed by atoms with van der Waals surface area (Å²) in [5.41, 5.74) is 0.967. The van der Waals surface area contributed by atoms with Gasteiger partial charge in [0.05, 0.1) is 33.8 Å². The van der Waals surface area contributed by atoms with Gasteiger partial charge in [-0.1, -0.05) is 59.4 Å². The lowest BCUT2D eigenvalue weighted by atomic mass is 9.68. The average Bonchev–Trinajstić information content (AvgIpc) is 3.79. The second-order valence-electron chi connectivity index (χ2n) is 12.7. The number of rotatable bonds is 6. The van der Waals surface area contributed by atoms with Gasteiger partial charge >= 0.3 is 11.0 Å². The van der Waals surface area contributed by atoms with E-state index in [9.17, 15) is 32.3 Å². The molecule has 2 aliphatic carbocycles. The molecule has 1 saturated heterocycles. The molecular weight excluding hydrogens is 664 g/mol. The van der Waals surface area contributed by atoms with Crippen LogP contribution < -0.4 is 19.8 Å². The molecule has 3 heterocycles. The summed E-state index contributed by atoms with van der Waals surface area (Å²) in [6.07, 6.45) is -3.94. The zero-order chi connectivity index (χ0) is 33.5. The summed E-state index contributed by atoms with van der Waals surface area (Å²) in [7, 11) is 0. The number of hydrogen-bond acceptors (Lipinski definition) is 7. The molecule has 2 N–H and O–H groups in total. The molecule has 1 aromatic heterocycles. The fraction of sp³-hybridized carbons (Fsp3) is 0.314. The number of thiazole rings is 1. The highest BCUT2D eigenvalue weighted by molar-refractivity contribution is 8.00. The Hall–Kier alpha value is -4.36. The van der Waals surface area contributed by atoms with Gasteiger partial charge in [-0.25, -0.2) is 0 Å². The number of amides is 3. The SMILES string of the molecule is Cc1ccc(N2C(=O)C3C(C2=O)[C@@H]2C[C@H]3C3Sc4[nH]c(=O)sc4[C@H](c4ccccc4OCC(=O)Nc4ccccc4C(F)(F)F)C32)cc1. The summed E-state index contributed by atoms with van der Waals surface area (Å²) < 4.78 is 46.5. The van der Waals surface area contributed by atoms with Crippen LogP contribution >= 0.6 is 23.1 Å². The number of anilines is 2. The maximum atomic E-state index is 14.0. The van der Waals surface area contributed by atoms with Crippen molar-refractivity contribution in [3.8, 4) is 5.75 Å². The van der Waals surface area contributed by atoms with Gasteiger partial charge in [0, 0.05) is 21.6 Å². The van der Waals surface area contributed by atoms with E-state index in [0.29, 0.717) is 23.4 Å². The van der Waals surface area contributed by atoms with Gasteiger partial charge in [-0.05, 0) is 61.4 Å². The Labute approximate surface area is 280 Å². The van der Waals surface area contributed by atoms with Crippen LogP contribution in [0.5, 0.6) is 5.75 Å². The zero-order valence-corrected chi connectivity index (χ0v) is 27.0. The van der Waals surface area contributed by atoms with Crippen LogP contribution in [-0.4, -0.2) is 34.6 Å². The Morgan fingerprint density at radius 1 is 0.958 bits per heavy atom. The zero-order valence-electron chi connectivity index (χ0n) is 25.3. The molecule has 13 heteroatoms. The third-order valence-corrected chi connectivity index (χ3v) is 12.7. The Kier molecular flexibility index (Phi) is 7.33. The third-order valence-electron chi connectivity index (χ3n) is 10.1. The molecule has 4 unspecified atom stereocenters. The minimum absolute atomic E-state index is 0.0519. The van der Waals surface area contributed by atoms with Crippen molar-refractivity contribution in [2.24, 2.45) is 29.6 Å². The largest absolute Gasteiger partial charge is 0.483 e. The van der Waals surface area contributed by atoms with Gasteiger partial charge in [-0.15, -0.1) is 11.8 Å². The van der Waals surface area contributed by atoms with E-state index in [2.05, 4.69) is 10.3 Å². The number of alkyl halides is 3. The summed E-state index contributed by atoms with van der Waals surface area (Å²) in [5.74, 6) is -2.39. The lowest BCUT2D eigenvalue weighted by Gasteiger charge is -2.43. The molecule has 0 radical (unpaired) electrons. The van der Waals surface area contributed by atoms with Gasteiger partial charge in [-0.2, -0.15) is 13.2 Å². The highest BCUT2D eigenvalue weighted by atomic mass is 32.2. The van der Waals surface area contributed by atoms with E-state index < -0.39 is 36.1 Å². The van der Waals surface area contributed by atoms with Crippen molar-refractivity contribution < 1.29 is 32.3 Å². The highest BCUT2D eigenvalue weighted by Crippen LogP contribution is 2.69. The Balaban J connectivity index is 1.11. The Morgan fingerprint density at radius 2 is 1.65 bits per heavy atom. The summed E-state index contributed by atoms with van der Waals surface area (Å²) in [6, 6.07) is 19.2. The molecule has 3 amide bonds. The number of carbonyl (C=O) groups is 3. The molecule has 7 atom stereocenters. The monoisotopic (exact) mass is 691 g/mol. The number of imide groups is 1. The third kappa shape index (κ3) is 4.89. The quantitative estimate of drug-likeness (QED) is 0.225. The number of fused-ring (bicyclic) bond motifs is 9. The first-order valence-corrected chi connectivity index (χ1v) is 17.2. The molecule has 3 fully saturated rings. The van der Waals surface area contributed by atoms with Crippen LogP contribution in [0.2, 0.25) is 0 Å². The van der Waals surface area contributed by atoms with Crippen molar-refractivity contribution >= 4 is 52.2 Å². The Bertz CT molecular complexity index is 2030. The number of halogens is 3. The van der Waals surface area contributed by atoms with E-state index in [-0.39, 0.29) is 51.3 Å². The van der Waals surface area contributed by atoms with E-state index in [1.165, 1.54) is 23.1 Å². The molecule has 4 aromatic rings. The maximum Gasteiger partial charge on any atom is 0.418 e. The number of nitrogens with one attached hydrogen (secondary N) is 2. The summed E-state index contributed by atoms with van der Waals surface area (Å²) in [4.78, 5) is 58.4. The molecule has 246 valence electrons. The first-order valence-electron chi connectivity index (χ1n) is 15.5. The van der Waals surface area contributed by atoms with Crippen LogP contribution in [0.3, 0.4) is 0 Å². The normalized spacial score (nSPS) is 27.1. The van der Waals surface area contributed by atoms with Crippen LogP contribution in [0.25, 0.3) is 0 Å². The number of carbonyl (C=O) groups excluding carboxylic acids is 3. The van der Waals surface area contributed by atoms with Crippen LogP contribution in [-0.2, 0) is 20.6 Å².